The lowest BCUT2D eigenvalue weighted by Gasteiger charge is -2.15. The average Bonchev–Trinajstić information content (AvgIpc) is 3.14. The van der Waals surface area contributed by atoms with E-state index in [1.54, 1.807) is 42.3 Å². The maximum absolute atomic E-state index is 12.6. The molecule has 0 radical (unpaired) electrons. The largest absolute Gasteiger partial charge is 0.493 e. The first-order valence-corrected chi connectivity index (χ1v) is 9.40. The number of methoxy groups -OCH3 is 1. The zero-order chi connectivity index (χ0) is 19.9. The van der Waals surface area contributed by atoms with Gasteiger partial charge in [-0.25, -0.2) is 4.79 Å². The van der Waals surface area contributed by atoms with Gasteiger partial charge in [0.05, 0.1) is 13.7 Å². The summed E-state index contributed by atoms with van der Waals surface area (Å²) in [6.45, 7) is 3.98. The van der Waals surface area contributed by atoms with Gasteiger partial charge in [0, 0.05) is 30.0 Å². The maximum atomic E-state index is 12.6. The summed E-state index contributed by atoms with van der Waals surface area (Å²) in [4.78, 5) is 25.9. The molecule has 3 amide bonds. The summed E-state index contributed by atoms with van der Waals surface area (Å²) in [6.07, 6.45) is 2.00. The molecule has 7 nitrogen and oxygen atoms in total. The number of amides is 3. The molecule has 1 fully saturated rings. The maximum Gasteiger partial charge on any atom is 0.321 e. The fourth-order valence-corrected chi connectivity index (χ4v) is 2.90. The standard InChI is InChI=1S/C21H25N3O4/c1-3-4-13-28-18-10-5-15(14-19(18)27-2)20(25)23-16-6-8-17(9-7-16)24-12-11-22-21(24)26/h5-10,14H,3-4,11-13H2,1-2H3,(H,22,26)(H,23,25). The van der Waals surface area contributed by atoms with Crippen LogP contribution in [0.2, 0.25) is 0 Å². The molecule has 3 rings (SSSR count). The minimum atomic E-state index is -0.245. The van der Waals surface area contributed by atoms with Gasteiger partial charge in [0.2, 0.25) is 0 Å². The number of hydrogen-bond donors (Lipinski definition) is 2. The van der Waals surface area contributed by atoms with E-state index < -0.39 is 0 Å². The Kier molecular flexibility index (Phi) is 6.37. The number of carbonyl (C=O) groups excluding carboxylic acids is 2. The van der Waals surface area contributed by atoms with Crippen LogP contribution in [0.5, 0.6) is 11.5 Å². The van der Waals surface area contributed by atoms with Crippen molar-refractivity contribution in [2.75, 3.05) is 37.0 Å². The molecule has 0 aliphatic carbocycles. The molecule has 2 N–H and O–H groups in total. The SMILES string of the molecule is CCCCOc1ccc(C(=O)Nc2ccc(N3CCNC3=O)cc2)cc1OC. The Balaban J connectivity index is 1.66. The van der Waals surface area contributed by atoms with Crippen molar-refractivity contribution < 1.29 is 19.1 Å². The van der Waals surface area contributed by atoms with Crippen LogP contribution < -0.4 is 25.0 Å². The van der Waals surface area contributed by atoms with Crippen LogP contribution in [0.15, 0.2) is 42.5 Å². The van der Waals surface area contributed by atoms with Crippen LogP contribution >= 0.6 is 0 Å². The Morgan fingerprint density at radius 3 is 2.61 bits per heavy atom. The predicted octanol–water partition coefficient (Wildman–Crippen LogP) is 3.66. The highest BCUT2D eigenvalue weighted by atomic mass is 16.5. The van der Waals surface area contributed by atoms with Gasteiger partial charge in [-0.05, 0) is 48.9 Å². The highest BCUT2D eigenvalue weighted by Gasteiger charge is 2.20. The minimum absolute atomic E-state index is 0.106. The Morgan fingerprint density at radius 2 is 1.96 bits per heavy atom. The van der Waals surface area contributed by atoms with Gasteiger partial charge in [-0.2, -0.15) is 0 Å². The molecule has 148 valence electrons. The molecule has 0 atom stereocenters. The molecule has 2 aromatic rings. The number of urea groups is 1. The van der Waals surface area contributed by atoms with Crippen LogP contribution in [0.25, 0.3) is 0 Å². The third-order valence-electron chi connectivity index (χ3n) is 4.47. The number of unbranched alkanes of at least 4 members (excludes halogenated alkanes) is 1. The second-order valence-electron chi connectivity index (χ2n) is 6.45. The lowest BCUT2D eigenvalue weighted by molar-refractivity contribution is 0.102. The molecule has 1 saturated heterocycles. The van der Waals surface area contributed by atoms with Crippen molar-refractivity contribution in [2.24, 2.45) is 0 Å². The van der Waals surface area contributed by atoms with Crippen molar-refractivity contribution in [3.05, 3.63) is 48.0 Å². The quantitative estimate of drug-likeness (QED) is 0.682. The summed E-state index contributed by atoms with van der Waals surface area (Å²) in [7, 11) is 1.55. The molecular weight excluding hydrogens is 358 g/mol. The Labute approximate surface area is 164 Å². The van der Waals surface area contributed by atoms with E-state index in [9.17, 15) is 9.59 Å². The van der Waals surface area contributed by atoms with Gasteiger partial charge in [-0.1, -0.05) is 13.3 Å². The van der Waals surface area contributed by atoms with Crippen molar-refractivity contribution in [1.29, 1.82) is 0 Å². The molecule has 0 aromatic heterocycles. The number of rotatable bonds is 8. The van der Waals surface area contributed by atoms with Crippen LogP contribution in [0.3, 0.4) is 0 Å². The van der Waals surface area contributed by atoms with Gasteiger partial charge in [-0.15, -0.1) is 0 Å². The van der Waals surface area contributed by atoms with E-state index in [0.717, 1.165) is 18.5 Å². The van der Waals surface area contributed by atoms with Gasteiger partial charge < -0.3 is 20.1 Å². The van der Waals surface area contributed by atoms with E-state index in [1.165, 1.54) is 0 Å². The van der Waals surface area contributed by atoms with Crippen LogP contribution in [0, 0.1) is 0 Å². The second kappa shape index (κ2) is 9.12. The van der Waals surface area contributed by atoms with E-state index in [1.807, 2.05) is 12.1 Å². The molecule has 2 aromatic carbocycles. The monoisotopic (exact) mass is 383 g/mol. The molecular formula is C21H25N3O4. The minimum Gasteiger partial charge on any atom is -0.493 e. The van der Waals surface area contributed by atoms with Crippen LogP contribution in [-0.4, -0.2) is 38.7 Å². The molecule has 1 aliphatic rings. The van der Waals surface area contributed by atoms with Crippen molar-refractivity contribution in [3.8, 4) is 11.5 Å². The number of ether oxygens (including phenoxy) is 2. The molecule has 0 bridgehead atoms. The summed E-state index contributed by atoms with van der Waals surface area (Å²) >= 11 is 0. The van der Waals surface area contributed by atoms with Gasteiger partial charge in [0.25, 0.3) is 5.91 Å². The van der Waals surface area contributed by atoms with Crippen LogP contribution in [-0.2, 0) is 0 Å². The van der Waals surface area contributed by atoms with Crippen molar-refractivity contribution in [1.82, 2.24) is 5.32 Å². The van der Waals surface area contributed by atoms with Gasteiger partial charge in [-0.3, -0.25) is 9.69 Å². The van der Waals surface area contributed by atoms with Crippen molar-refractivity contribution in [3.63, 3.8) is 0 Å². The first kappa shape index (κ1) is 19.5. The third kappa shape index (κ3) is 4.54. The number of nitrogens with zero attached hydrogens (tertiary/aromatic N) is 1. The predicted molar refractivity (Wildman–Crippen MR) is 109 cm³/mol. The number of benzene rings is 2. The van der Waals surface area contributed by atoms with Gasteiger partial charge >= 0.3 is 6.03 Å². The summed E-state index contributed by atoms with van der Waals surface area (Å²) in [5, 5.41) is 5.62. The lowest BCUT2D eigenvalue weighted by atomic mass is 10.1. The van der Waals surface area contributed by atoms with Gasteiger partial charge in [0.1, 0.15) is 0 Å². The fourth-order valence-electron chi connectivity index (χ4n) is 2.90. The molecule has 0 spiro atoms. The summed E-state index contributed by atoms with van der Waals surface area (Å²) in [6, 6.07) is 12.2. The summed E-state index contributed by atoms with van der Waals surface area (Å²) in [5.41, 5.74) is 1.92. The first-order chi connectivity index (χ1) is 13.6. The Hall–Kier alpha value is -3.22. The number of carbonyl (C=O) groups is 2. The topological polar surface area (TPSA) is 79.9 Å². The lowest BCUT2D eigenvalue weighted by Crippen LogP contribution is -2.27. The molecule has 7 heteroatoms. The van der Waals surface area contributed by atoms with Crippen LogP contribution in [0.1, 0.15) is 30.1 Å². The van der Waals surface area contributed by atoms with E-state index in [-0.39, 0.29) is 11.9 Å². The van der Waals surface area contributed by atoms with E-state index in [0.29, 0.717) is 42.4 Å². The second-order valence-corrected chi connectivity index (χ2v) is 6.45. The smallest absolute Gasteiger partial charge is 0.321 e. The average molecular weight is 383 g/mol. The molecule has 0 unspecified atom stereocenters. The zero-order valence-electron chi connectivity index (χ0n) is 16.2. The third-order valence-corrected chi connectivity index (χ3v) is 4.47. The highest BCUT2D eigenvalue weighted by Crippen LogP contribution is 2.29. The van der Waals surface area contributed by atoms with Crippen molar-refractivity contribution in [2.45, 2.75) is 19.8 Å². The fraction of sp³-hybridized carbons (Fsp3) is 0.333. The number of nitrogens with one attached hydrogen (secondary N) is 2. The first-order valence-electron chi connectivity index (χ1n) is 9.40. The molecule has 28 heavy (non-hydrogen) atoms. The van der Waals surface area contributed by atoms with E-state index >= 15 is 0 Å². The Morgan fingerprint density at radius 1 is 1.18 bits per heavy atom. The van der Waals surface area contributed by atoms with E-state index in [2.05, 4.69) is 17.6 Å². The summed E-state index contributed by atoms with van der Waals surface area (Å²) in [5.74, 6) is 0.907. The van der Waals surface area contributed by atoms with E-state index in [4.69, 9.17) is 9.47 Å². The number of anilines is 2. The number of hydrogen-bond acceptors (Lipinski definition) is 4. The molecule has 0 saturated carbocycles. The normalized spacial score (nSPS) is 13.2. The van der Waals surface area contributed by atoms with Gasteiger partial charge in [0.15, 0.2) is 11.5 Å². The zero-order valence-corrected chi connectivity index (χ0v) is 16.2. The van der Waals surface area contributed by atoms with Crippen molar-refractivity contribution >= 4 is 23.3 Å². The summed E-state index contributed by atoms with van der Waals surface area (Å²) < 4.78 is 11.0. The Bertz CT molecular complexity index is 836. The highest BCUT2D eigenvalue weighted by molar-refractivity contribution is 6.05. The van der Waals surface area contributed by atoms with Crippen LogP contribution in [0.4, 0.5) is 16.2 Å². The molecule has 1 aliphatic heterocycles. The molecule has 1 heterocycles.